The van der Waals surface area contributed by atoms with Crippen LogP contribution in [0.2, 0.25) is 0 Å². The molecule has 0 aliphatic carbocycles. The summed E-state index contributed by atoms with van der Waals surface area (Å²) in [6.45, 7) is 6.72. The fourth-order valence-electron chi connectivity index (χ4n) is 2.94. The number of nitrogens with one attached hydrogen (secondary N) is 1. The first-order chi connectivity index (χ1) is 12.1. The van der Waals surface area contributed by atoms with E-state index in [1.807, 2.05) is 43.3 Å². The highest BCUT2D eigenvalue weighted by atomic mass is 16.1. The van der Waals surface area contributed by atoms with Crippen LogP contribution in [0.1, 0.15) is 46.7 Å². The van der Waals surface area contributed by atoms with Gasteiger partial charge in [0, 0.05) is 12.1 Å². The highest BCUT2D eigenvalue weighted by Gasteiger charge is 2.10. The number of carbonyl (C=O) groups excluding carboxylic acids is 1. The van der Waals surface area contributed by atoms with Gasteiger partial charge in [0.2, 0.25) is 0 Å². The molecule has 0 aliphatic rings. The van der Waals surface area contributed by atoms with Gasteiger partial charge in [0.25, 0.3) is 5.91 Å². The van der Waals surface area contributed by atoms with E-state index in [1.165, 1.54) is 5.56 Å². The predicted molar refractivity (Wildman–Crippen MR) is 101 cm³/mol. The van der Waals surface area contributed by atoms with Crippen LogP contribution >= 0.6 is 0 Å². The highest BCUT2D eigenvalue weighted by Crippen LogP contribution is 2.16. The van der Waals surface area contributed by atoms with E-state index >= 15 is 0 Å². The molecule has 0 fully saturated rings. The molecule has 0 bridgehead atoms. The van der Waals surface area contributed by atoms with Crippen molar-refractivity contribution in [2.45, 2.75) is 40.2 Å². The zero-order valence-corrected chi connectivity index (χ0v) is 15.0. The van der Waals surface area contributed by atoms with Crippen LogP contribution in [0.4, 0.5) is 0 Å². The summed E-state index contributed by atoms with van der Waals surface area (Å²) in [5, 5.41) is 2.97. The SMILES string of the molecule is CCc1nc2ccc(C(=O)NCc3cccc(C)c3)cc2nc1CC. The lowest BCUT2D eigenvalue weighted by atomic mass is 10.1. The second kappa shape index (κ2) is 7.43. The predicted octanol–water partition coefficient (Wildman–Crippen LogP) is 3.99. The molecule has 1 aromatic heterocycles. The third-order valence-corrected chi connectivity index (χ3v) is 4.29. The third-order valence-electron chi connectivity index (χ3n) is 4.29. The molecule has 0 saturated carbocycles. The molecule has 2 aromatic carbocycles. The van der Waals surface area contributed by atoms with Gasteiger partial charge >= 0.3 is 0 Å². The van der Waals surface area contributed by atoms with Gasteiger partial charge in [0.05, 0.1) is 22.4 Å². The Balaban J connectivity index is 1.81. The fourth-order valence-corrected chi connectivity index (χ4v) is 2.94. The van der Waals surface area contributed by atoms with Crippen molar-refractivity contribution >= 4 is 16.9 Å². The summed E-state index contributed by atoms with van der Waals surface area (Å²) in [5.74, 6) is -0.0946. The van der Waals surface area contributed by atoms with Gasteiger partial charge in [-0.25, -0.2) is 9.97 Å². The average Bonchev–Trinajstić information content (AvgIpc) is 2.64. The van der Waals surface area contributed by atoms with Crippen LogP contribution in [-0.4, -0.2) is 15.9 Å². The van der Waals surface area contributed by atoms with Crippen molar-refractivity contribution < 1.29 is 4.79 Å². The van der Waals surface area contributed by atoms with Crippen LogP contribution in [-0.2, 0) is 19.4 Å². The summed E-state index contributed by atoms with van der Waals surface area (Å²) >= 11 is 0. The molecule has 0 atom stereocenters. The number of nitrogens with zero attached hydrogens (tertiary/aromatic N) is 2. The van der Waals surface area contributed by atoms with E-state index in [9.17, 15) is 4.79 Å². The number of aryl methyl sites for hydroxylation is 3. The molecule has 25 heavy (non-hydrogen) atoms. The molecule has 0 saturated heterocycles. The molecule has 1 amide bonds. The van der Waals surface area contributed by atoms with Gasteiger partial charge in [-0.15, -0.1) is 0 Å². The molecule has 1 heterocycles. The van der Waals surface area contributed by atoms with Crippen molar-refractivity contribution in [3.8, 4) is 0 Å². The zero-order chi connectivity index (χ0) is 17.8. The Labute approximate surface area is 148 Å². The number of carbonyl (C=O) groups is 1. The van der Waals surface area contributed by atoms with E-state index in [1.54, 1.807) is 0 Å². The molecule has 0 radical (unpaired) electrons. The quantitative estimate of drug-likeness (QED) is 0.768. The summed E-state index contributed by atoms with van der Waals surface area (Å²) < 4.78 is 0. The minimum atomic E-state index is -0.0946. The summed E-state index contributed by atoms with van der Waals surface area (Å²) in [7, 11) is 0. The number of hydrogen-bond donors (Lipinski definition) is 1. The number of rotatable bonds is 5. The number of hydrogen-bond acceptors (Lipinski definition) is 3. The molecule has 1 N–H and O–H groups in total. The van der Waals surface area contributed by atoms with E-state index in [0.717, 1.165) is 40.8 Å². The Hall–Kier alpha value is -2.75. The van der Waals surface area contributed by atoms with Crippen LogP contribution in [0.5, 0.6) is 0 Å². The van der Waals surface area contributed by atoms with Crippen LogP contribution in [0, 0.1) is 6.92 Å². The minimum Gasteiger partial charge on any atom is -0.348 e. The lowest BCUT2D eigenvalue weighted by molar-refractivity contribution is 0.0951. The molecule has 0 spiro atoms. The highest BCUT2D eigenvalue weighted by molar-refractivity contribution is 5.97. The second-order valence-corrected chi connectivity index (χ2v) is 6.20. The van der Waals surface area contributed by atoms with Crippen molar-refractivity contribution in [2.24, 2.45) is 0 Å². The maximum Gasteiger partial charge on any atom is 0.251 e. The van der Waals surface area contributed by atoms with Crippen LogP contribution in [0.25, 0.3) is 11.0 Å². The number of fused-ring (bicyclic) bond motifs is 1. The summed E-state index contributed by atoms with van der Waals surface area (Å²) in [4.78, 5) is 21.8. The fraction of sp³-hybridized carbons (Fsp3) is 0.286. The molecule has 3 rings (SSSR count). The van der Waals surface area contributed by atoms with Crippen molar-refractivity contribution in [3.05, 3.63) is 70.5 Å². The molecule has 4 heteroatoms. The molecule has 128 valence electrons. The standard InChI is InChI=1S/C21H23N3O/c1-4-17-18(5-2)24-20-12-16(9-10-19(20)23-17)21(25)22-13-15-8-6-7-14(3)11-15/h6-12H,4-5,13H2,1-3H3,(H,22,25). The topological polar surface area (TPSA) is 54.9 Å². The Morgan fingerprint density at radius 3 is 2.36 bits per heavy atom. The maximum atomic E-state index is 12.5. The van der Waals surface area contributed by atoms with Gasteiger partial charge in [0.15, 0.2) is 0 Å². The average molecular weight is 333 g/mol. The van der Waals surface area contributed by atoms with Crippen LogP contribution in [0.15, 0.2) is 42.5 Å². The maximum absolute atomic E-state index is 12.5. The van der Waals surface area contributed by atoms with Crippen molar-refractivity contribution in [1.29, 1.82) is 0 Å². The van der Waals surface area contributed by atoms with Gasteiger partial charge in [-0.05, 0) is 43.5 Å². The number of aromatic nitrogens is 2. The van der Waals surface area contributed by atoms with E-state index in [4.69, 9.17) is 4.98 Å². The largest absolute Gasteiger partial charge is 0.348 e. The monoisotopic (exact) mass is 333 g/mol. The molecule has 0 unspecified atom stereocenters. The van der Waals surface area contributed by atoms with E-state index in [-0.39, 0.29) is 5.91 Å². The second-order valence-electron chi connectivity index (χ2n) is 6.20. The summed E-state index contributed by atoms with van der Waals surface area (Å²) in [6, 6.07) is 13.6. The third kappa shape index (κ3) is 3.85. The first kappa shape index (κ1) is 17.1. The Morgan fingerprint density at radius 2 is 1.68 bits per heavy atom. The Morgan fingerprint density at radius 1 is 0.960 bits per heavy atom. The van der Waals surface area contributed by atoms with Crippen molar-refractivity contribution in [2.75, 3.05) is 0 Å². The summed E-state index contributed by atoms with van der Waals surface area (Å²) in [5.41, 5.74) is 6.54. The van der Waals surface area contributed by atoms with Gasteiger partial charge in [-0.3, -0.25) is 4.79 Å². The van der Waals surface area contributed by atoms with E-state index < -0.39 is 0 Å². The Kier molecular flexibility index (Phi) is 5.08. The van der Waals surface area contributed by atoms with Crippen LogP contribution in [0.3, 0.4) is 0 Å². The minimum absolute atomic E-state index is 0.0946. The van der Waals surface area contributed by atoms with Crippen LogP contribution < -0.4 is 5.32 Å². The molecule has 3 aromatic rings. The number of amides is 1. The normalized spacial score (nSPS) is 10.8. The molecular formula is C21H23N3O. The van der Waals surface area contributed by atoms with Gasteiger partial charge in [-0.1, -0.05) is 43.7 Å². The van der Waals surface area contributed by atoms with Gasteiger partial charge < -0.3 is 5.32 Å². The van der Waals surface area contributed by atoms with Crippen molar-refractivity contribution in [1.82, 2.24) is 15.3 Å². The number of benzene rings is 2. The summed E-state index contributed by atoms with van der Waals surface area (Å²) in [6.07, 6.45) is 1.71. The zero-order valence-electron chi connectivity index (χ0n) is 15.0. The molecule has 4 nitrogen and oxygen atoms in total. The van der Waals surface area contributed by atoms with Gasteiger partial charge in [0.1, 0.15) is 0 Å². The van der Waals surface area contributed by atoms with E-state index in [2.05, 4.69) is 30.2 Å². The first-order valence-corrected chi connectivity index (χ1v) is 8.74. The van der Waals surface area contributed by atoms with Crippen molar-refractivity contribution in [3.63, 3.8) is 0 Å². The lowest BCUT2D eigenvalue weighted by Gasteiger charge is -2.09. The molecule has 0 aliphatic heterocycles. The van der Waals surface area contributed by atoms with E-state index in [0.29, 0.717) is 12.1 Å². The smallest absolute Gasteiger partial charge is 0.251 e. The first-order valence-electron chi connectivity index (χ1n) is 8.74. The van der Waals surface area contributed by atoms with Gasteiger partial charge in [-0.2, -0.15) is 0 Å². The Bertz CT molecular complexity index is 918. The molecular weight excluding hydrogens is 310 g/mol. The lowest BCUT2D eigenvalue weighted by Crippen LogP contribution is -2.22.